The lowest BCUT2D eigenvalue weighted by Gasteiger charge is -2.27. The maximum absolute atomic E-state index is 12.7. The Balaban J connectivity index is 1.61. The minimum atomic E-state index is -0.842. The Morgan fingerprint density at radius 3 is 2.92 bits per heavy atom. The second kappa shape index (κ2) is 5.64. The van der Waals surface area contributed by atoms with Gasteiger partial charge in [-0.15, -0.1) is 0 Å². The maximum Gasteiger partial charge on any atom is 0.345 e. The van der Waals surface area contributed by atoms with Crippen molar-refractivity contribution in [2.24, 2.45) is 0 Å². The van der Waals surface area contributed by atoms with Crippen molar-refractivity contribution in [2.75, 3.05) is 13.7 Å². The molecule has 0 radical (unpaired) electrons. The lowest BCUT2D eigenvalue weighted by molar-refractivity contribution is -0.146. The number of benzene rings is 1. The quantitative estimate of drug-likeness (QED) is 0.860. The lowest BCUT2D eigenvalue weighted by atomic mass is 9.98. The molecule has 124 valence electrons. The highest BCUT2D eigenvalue weighted by Gasteiger charge is 2.52. The molecule has 8 nitrogen and oxygen atoms in total. The largest absolute Gasteiger partial charge is 0.467 e. The number of urea groups is 1. The number of ether oxygens (including phenoxy) is 1. The highest BCUT2D eigenvalue weighted by molar-refractivity contribution is 5.87. The fraction of sp³-hybridized carbons (Fsp3) is 0.312. The predicted molar refractivity (Wildman–Crippen MR) is 81.3 cm³/mol. The monoisotopic (exact) mass is 328 g/mol. The molecule has 2 atom stereocenters. The zero-order chi connectivity index (χ0) is 16.7. The van der Waals surface area contributed by atoms with Gasteiger partial charge in [-0.05, 0) is 5.56 Å². The van der Waals surface area contributed by atoms with Crippen LogP contribution in [0.5, 0.6) is 0 Å². The Bertz CT molecular complexity index is 775. The fourth-order valence-corrected chi connectivity index (χ4v) is 3.20. The Labute approximate surface area is 137 Å². The van der Waals surface area contributed by atoms with Crippen LogP contribution in [-0.2, 0) is 21.0 Å². The van der Waals surface area contributed by atoms with E-state index < -0.39 is 12.0 Å². The molecule has 2 aliphatic heterocycles. The summed E-state index contributed by atoms with van der Waals surface area (Å²) in [6.07, 6.45) is 1.70. The summed E-state index contributed by atoms with van der Waals surface area (Å²) in [4.78, 5) is 32.0. The number of aromatic amines is 1. The fourth-order valence-electron chi connectivity index (χ4n) is 3.20. The van der Waals surface area contributed by atoms with Gasteiger partial charge in [0.1, 0.15) is 18.3 Å². The molecule has 2 aromatic rings. The average molecular weight is 328 g/mol. The smallest absolute Gasteiger partial charge is 0.345 e. The highest BCUT2D eigenvalue weighted by Crippen LogP contribution is 2.43. The third kappa shape index (κ3) is 2.15. The standard InChI is InChI=1S/C16H16N4O4/c1-23-15(21)14-13-11(7-17-18-13)12-8-19(14)16(22)20(12)24-9-10-5-3-2-4-6-10/h2-7,12,14H,8-9H2,1H3,(H,17,18)/t12-,14-/m0/s1. The van der Waals surface area contributed by atoms with E-state index >= 15 is 0 Å². The van der Waals surface area contributed by atoms with Crippen LogP contribution in [0, 0.1) is 0 Å². The Hall–Kier alpha value is -2.87. The number of aromatic nitrogens is 2. The number of fused-ring (bicyclic) bond motifs is 4. The van der Waals surface area contributed by atoms with Crippen LogP contribution in [0.25, 0.3) is 0 Å². The first kappa shape index (κ1) is 14.7. The van der Waals surface area contributed by atoms with E-state index in [4.69, 9.17) is 9.57 Å². The van der Waals surface area contributed by atoms with Gasteiger partial charge >= 0.3 is 12.0 Å². The summed E-state index contributed by atoms with van der Waals surface area (Å²) in [7, 11) is 1.30. The number of nitrogens with zero attached hydrogens (tertiary/aromatic N) is 3. The topological polar surface area (TPSA) is 87.8 Å². The normalized spacial score (nSPS) is 21.8. The Morgan fingerprint density at radius 2 is 2.17 bits per heavy atom. The van der Waals surface area contributed by atoms with Gasteiger partial charge in [-0.25, -0.2) is 9.59 Å². The summed E-state index contributed by atoms with van der Waals surface area (Å²) in [5.41, 5.74) is 2.25. The second-order valence-corrected chi connectivity index (χ2v) is 5.69. The van der Waals surface area contributed by atoms with Crippen molar-refractivity contribution in [3.05, 3.63) is 53.3 Å². The van der Waals surface area contributed by atoms with Gasteiger partial charge in [-0.2, -0.15) is 10.2 Å². The molecule has 0 spiro atoms. The Morgan fingerprint density at radius 1 is 1.38 bits per heavy atom. The Kier molecular flexibility index (Phi) is 3.46. The number of hydroxylamine groups is 2. The first-order valence-electron chi connectivity index (χ1n) is 7.58. The van der Waals surface area contributed by atoms with Gasteiger partial charge in [0.2, 0.25) is 0 Å². The number of rotatable bonds is 4. The summed E-state index contributed by atoms with van der Waals surface area (Å²) >= 11 is 0. The van der Waals surface area contributed by atoms with Crippen LogP contribution < -0.4 is 0 Å². The van der Waals surface area contributed by atoms with Crippen molar-refractivity contribution in [2.45, 2.75) is 18.7 Å². The van der Waals surface area contributed by atoms with Crippen LogP contribution >= 0.6 is 0 Å². The number of H-pyrrole nitrogens is 1. The number of hydrogen-bond acceptors (Lipinski definition) is 5. The maximum atomic E-state index is 12.7. The van der Waals surface area contributed by atoms with E-state index in [1.807, 2.05) is 30.3 Å². The van der Waals surface area contributed by atoms with Crippen LogP contribution in [0.2, 0.25) is 0 Å². The van der Waals surface area contributed by atoms with E-state index in [9.17, 15) is 9.59 Å². The zero-order valence-corrected chi connectivity index (χ0v) is 13.0. The number of carbonyl (C=O) groups is 2. The summed E-state index contributed by atoms with van der Waals surface area (Å²) in [5, 5.41) is 8.22. The molecule has 2 bridgehead atoms. The number of carbonyl (C=O) groups excluding carboxylic acids is 2. The average Bonchev–Trinajstić information content (AvgIpc) is 3.20. The van der Waals surface area contributed by atoms with E-state index in [0.29, 0.717) is 12.2 Å². The number of hydrogen-bond donors (Lipinski definition) is 1. The van der Waals surface area contributed by atoms with E-state index in [1.165, 1.54) is 17.1 Å². The molecular weight excluding hydrogens is 312 g/mol. The first-order valence-corrected chi connectivity index (χ1v) is 7.58. The molecule has 24 heavy (non-hydrogen) atoms. The van der Waals surface area contributed by atoms with E-state index in [0.717, 1.165) is 11.1 Å². The van der Waals surface area contributed by atoms with Gasteiger partial charge in [0, 0.05) is 11.8 Å². The number of methoxy groups -OCH3 is 1. The minimum Gasteiger partial charge on any atom is -0.467 e. The highest BCUT2D eigenvalue weighted by atomic mass is 16.7. The molecule has 8 heteroatoms. The molecule has 1 aromatic heterocycles. The molecule has 2 aliphatic rings. The summed E-state index contributed by atoms with van der Waals surface area (Å²) < 4.78 is 4.83. The number of nitrogens with one attached hydrogen (secondary N) is 1. The SMILES string of the molecule is COC(=O)[C@@H]1c2n[nH]cc2[C@@H]2CN1C(=O)N2OCc1ccccc1. The van der Waals surface area contributed by atoms with E-state index in [-0.39, 0.29) is 18.7 Å². The molecule has 0 unspecified atom stereocenters. The van der Waals surface area contributed by atoms with Crippen LogP contribution in [0.3, 0.4) is 0 Å². The van der Waals surface area contributed by atoms with Gasteiger partial charge in [0.05, 0.1) is 13.7 Å². The van der Waals surface area contributed by atoms with Gasteiger partial charge < -0.3 is 9.64 Å². The lowest BCUT2D eigenvalue weighted by Crippen LogP contribution is -2.39. The molecule has 1 aromatic carbocycles. The van der Waals surface area contributed by atoms with Crippen molar-refractivity contribution < 1.29 is 19.2 Å². The van der Waals surface area contributed by atoms with Gasteiger partial charge in [0.15, 0.2) is 6.04 Å². The summed E-state index contributed by atoms with van der Waals surface area (Å²) in [5.74, 6) is -0.514. The van der Waals surface area contributed by atoms with Crippen molar-refractivity contribution in [3.63, 3.8) is 0 Å². The predicted octanol–water partition coefficient (Wildman–Crippen LogP) is 1.55. The second-order valence-electron chi connectivity index (χ2n) is 5.69. The molecular formula is C16H16N4O4. The van der Waals surface area contributed by atoms with Crippen LogP contribution in [0.4, 0.5) is 4.79 Å². The van der Waals surface area contributed by atoms with E-state index in [1.54, 1.807) is 6.20 Å². The molecule has 0 aliphatic carbocycles. The van der Waals surface area contributed by atoms with E-state index in [2.05, 4.69) is 10.2 Å². The molecule has 1 saturated heterocycles. The number of amides is 2. The third-order valence-corrected chi connectivity index (χ3v) is 4.36. The molecule has 4 rings (SSSR count). The van der Waals surface area contributed by atoms with Crippen molar-refractivity contribution in [1.82, 2.24) is 20.2 Å². The summed E-state index contributed by atoms with van der Waals surface area (Å²) in [6, 6.07) is 8.09. The third-order valence-electron chi connectivity index (χ3n) is 4.36. The molecule has 3 heterocycles. The minimum absolute atomic E-state index is 0.271. The van der Waals surface area contributed by atoms with Gasteiger partial charge in [-0.1, -0.05) is 30.3 Å². The molecule has 2 amide bonds. The van der Waals surface area contributed by atoms with Crippen LogP contribution in [0.15, 0.2) is 36.5 Å². The van der Waals surface area contributed by atoms with Crippen LogP contribution in [-0.4, -0.2) is 45.8 Å². The van der Waals surface area contributed by atoms with Gasteiger partial charge in [0.25, 0.3) is 0 Å². The first-order chi connectivity index (χ1) is 11.7. The molecule has 1 N–H and O–H groups in total. The van der Waals surface area contributed by atoms with Crippen LogP contribution in [0.1, 0.15) is 28.9 Å². The van der Waals surface area contributed by atoms with Crippen molar-refractivity contribution >= 4 is 12.0 Å². The molecule has 1 fully saturated rings. The van der Waals surface area contributed by atoms with Crippen molar-refractivity contribution in [3.8, 4) is 0 Å². The zero-order valence-electron chi connectivity index (χ0n) is 13.0. The molecule has 0 saturated carbocycles. The number of esters is 1. The van der Waals surface area contributed by atoms with Gasteiger partial charge in [-0.3, -0.25) is 9.94 Å². The van der Waals surface area contributed by atoms with Crippen molar-refractivity contribution in [1.29, 1.82) is 0 Å². The summed E-state index contributed by atoms with van der Waals surface area (Å²) in [6.45, 7) is 0.632.